The lowest BCUT2D eigenvalue weighted by Crippen LogP contribution is -2.33. The van der Waals surface area contributed by atoms with Crippen LogP contribution in [0.25, 0.3) is 0 Å². The molecule has 0 unspecified atom stereocenters. The van der Waals surface area contributed by atoms with Crippen LogP contribution in [0.15, 0.2) is 0 Å². The summed E-state index contributed by atoms with van der Waals surface area (Å²) in [5.41, 5.74) is 9.22. The van der Waals surface area contributed by atoms with Gasteiger partial charge in [-0.05, 0) is 6.54 Å². The average molecular weight is 235 g/mol. The predicted octanol–water partition coefficient (Wildman–Crippen LogP) is 0.379. The quantitative estimate of drug-likeness (QED) is 0.821. The maximum absolute atomic E-state index is 5.80. The van der Waals surface area contributed by atoms with Crippen molar-refractivity contribution in [2.45, 2.75) is 26.4 Å². The van der Waals surface area contributed by atoms with Gasteiger partial charge in [0.15, 0.2) is 0 Å². The lowest BCUT2D eigenvalue weighted by Gasteiger charge is -2.28. The van der Waals surface area contributed by atoms with E-state index in [-0.39, 0.29) is 0 Å². The topological polar surface area (TPSA) is 58.3 Å². The highest BCUT2D eigenvalue weighted by atomic mass is 15.2. The third kappa shape index (κ3) is 2.40. The van der Waals surface area contributed by atoms with Crippen LogP contribution in [0, 0.1) is 0 Å². The van der Waals surface area contributed by atoms with Crippen molar-refractivity contribution in [1.82, 2.24) is 14.9 Å². The van der Waals surface area contributed by atoms with Crippen LogP contribution in [0.2, 0.25) is 0 Å². The first-order chi connectivity index (χ1) is 8.15. The molecule has 0 radical (unpaired) electrons. The van der Waals surface area contributed by atoms with Gasteiger partial charge in [0.05, 0.1) is 11.4 Å². The van der Waals surface area contributed by atoms with E-state index in [1.165, 1.54) is 11.3 Å². The minimum absolute atomic E-state index is 0.489. The standard InChI is InChI=1S/C12H21N5/c1-4-17-6-5-10-9(8-17)11(7-13)15-12(14-10)16(2)3/h4-8,13H2,1-3H3. The molecule has 17 heavy (non-hydrogen) atoms. The van der Waals surface area contributed by atoms with Crippen molar-refractivity contribution in [3.05, 3.63) is 17.0 Å². The molecular weight excluding hydrogens is 214 g/mol. The smallest absolute Gasteiger partial charge is 0.225 e. The summed E-state index contributed by atoms with van der Waals surface area (Å²) in [5.74, 6) is 0.772. The van der Waals surface area contributed by atoms with Crippen molar-refractivity contribution in [3.8, 4) is 0 Å². The summed E-state index contributed by atoms with van der Waals surface area (Å²) < 4.78 is 0. The van der Waals surface area contributed by atoms with Gasteiger partial charge < -0.3 is 10.6 Å². The highest BCUT2D eigenvalue weighted by molar-refractivity contribution is 5.37. The van der Waals surface area contributed by atoms with E-state index in [9.17, 15) is 0 Å². The van der Waals surface area contributed by atoms with Gasteiger partial charge in [0.25, 0.3) is 0 Å². The molecule has 2 N–H and O–H groups in total. The van der Waals surface area contributed by atoms with Crippen LogP contribution in [0.1, 0.15) is 23.9 Å². The Morgan fingerprint density at radius 2 is 2.12 bits per heavy atom. The molecule has 0 aliphatic carbocycles. The number of fused-ring (bicyclic) bond motifs is 1. The van der Waals surface area contributed by atoms with Gasteiger partial charge in [-0.3, -0.25) is 4.90 Å². The van der Waals surface area contributed by atoms with Crippen LogP contribution in [-0.2, 0) is 19.5 Å². The monoisotopic (exact) mass is 235 g/mol. The molecular formula is C12H21N5. The van der Waals surface area contributed by atoms with E-state index in [0.29, 0.717) is 6.54 Å². The van der Waals surface area contributed by atoms with Gasteiger partial charge >= 0.3 is 0 Å². The number of aromatic nitrogens is 2. The summed E-state index contributed by atoms with van der Waals surface area (Å²) >= 11 is 0. The first kappa shape index (κ1) is 12.3. The molecule has 94 valence electrons. The molecule has 1 aromatic rings. The number of likely N-dealkylation sites (N-methyl/N-ethyl adjacent to an activating group) is 1. The van der Waals surface area contributed by atoms with Gasteiger partial charge in [0.2, 0.25) is 5.95 Å². The second-order valence-corrected chi connectivity index (χ2v) is 4.61. The molecule has 1 aromatic heterocycles. The van der Waals surface area contributed by atoms with Gasteiger partial charge in [0, 0.05) is 45.7 Å². The minimum Gasteiger partial charge on any atom is -0.347 e. The first-order valence-electron chi connectivity index (χ1n) is 6.14. The number of nitrogens with zero attached hydrogens (tertiary/aromatic N) is 4. The summed E-state index contributed by atoms with van der Waals surface area (Å²) in [5, 5.41) is 0. The molecule has 2 rings (SSSR count). The number of hydrogen-bond donors (Lipinski definition) is 1. The Labute approximate surface area is 103 Å². The van der Waals surface area contributed by atoms with E-state index in [1.54, 1.807) is 0 Å². The Kier molecular flexibility index (Phi) is 3.59. The van der Waals surface area contributed by atoms with Crippen LogP contribution in [0.4, 0.5) is 5.95 Å². The highest BCUT2D eigenvalue weighted by Gasteiger charge is 2.21. The normalized spacial score (nSPS) is 15.8. The average Bonchev–Trinajstić information content (AvgIpc) is 2.36. The molecule has 2 heterocycles. The van der Waals surface area contributed by atoms with Crippen molar-refractivity contribution >= 4 is 5.95 Å². The van der Waals surface area contributed by atoms with Gasteiger partial charge in [-0.2, -0.15) is 0 Å². The van der Waals surface area contributed by atoms with Crippen molar-refractivity contribution in [3.63, 3.8) is 0 Å². The predicted molar refractivity (Wildman–Crippen MR) is 68.9 cm³/mol. The Morgan fingerprint density at radius 1 is 1.35 bits per heavy atom. The summed E-state index contributed by atoms with van der Waals surface area (Å²) in [6.45, 7) is 5.76. The summed E-state index contributed by atoms with van der Waals surface area (Å²) in [4.78, 5) is 13.5. The molecule has 0 spiro atoms. The molecule has 5 nitrogen and oxygen atoms in total. The molecule has 0 atom stereocenters. The van der Waals surface area contributed by atoms with Crippen LogP contribution in [0.3, 0.4) is 0 Å². The maximum Gasteiger partial charge on any atom is 0.225 e. The van der Waals surface area contributed by atoms with E-state index >= 15 is 0 Å². The van der Waals surface area contributed by atoms with Crippen LogP contribution < -0.4 is 10.6 Å². The number of nitrogens with two attached hydrogens (primary N) is 1. The number of rotatable bonds is 3. The second-order valence-electron chi connectivity index (χ2n) is 4.61. The van der Waals surface area contributed by atoms with E-state index in [0.717, 1.165) is 37.7 Å². The van der Waals surface area contributed by atoms with Gasteiger partial charge in [-0.1, -0.05) is 6.92 Å². The summed E-state index contributed by atoms with van der Waals surface area (Å²) in [6, 6.07) is 0. The largest absolute Gasteiger partial charge is 0.347 e. The van der Waals surface area contributed by atoms with Gasteiger partial charge in [0.1, 0.15) is 0 Å². The number of anilines is 1. The van der Waals surface area contributed by atoms with Crippen LogP contribution in [0.5, 0.6) is 0 Å². The summed E-state index contributed by atoms with van der Waals surface area (Å²) in [7, 11) is 3.92. The zero-order valence-corrected chi connectivity index (χ0v) is 10.9. The minimum atomic E-state index is 0.489. The molecule has 1 aliphatic heterocycles. The Morgan fingerprint density at radius 3 is 2.71 bits per heavy atom. The fourth-order valence-electron chi connectivity index (χ4n) is 2.16. The fraction of sp³-hybridized carbons (Fsp3) is 0.667. The maximum atomic E-state index is 5.80. The molecule has 0 amide bonds. The molecule has 1 aliphatic rings. The lowest BCUT2D eigenvalue weighted by atomic mass is 10.0. The zero-order chi connectivity index (χ0) is 12.4. The van der Waals surface area contributed by atoms with E-state index in [2.05, 4.69) is 21.8 Å². The molecule has 0 fully saturated rings. The molecule has 0 bridgehead atoms. The fourth-order valence-corrected chi connectivity index (χ4v) is 2.16. The Balaban J connectivity index is 2.40. The third-order valence-electron chi connectivity index (χ3n) is 3.25. The van der Waals surface area contributed by atoms with Crippen LogP contribution >= 0.6 is 0 Å². The molecule has 5 heteroatoms. The number of hydrogen-bond acceptors (Lipinski definition) is 5. The highest BCUT2D eigenvalue weighted by Crippen LogP contribution is 2.22. The van der Waals surface area contributed by atoms with Crippen LogP contribution in [-0.4, -0.2) is 42.1 Å². The molecule has 0 aromatic carbocycles. The lowest BCUT2D eigenvalue weighted by molar-refractivity contribution is 0.264. The SMILES string of the molecule is CCN1CCc2nc(N(C)C)nc(CN)c2C1. The van der Waals surface area contributed by atoms with E-state index in [1.807, 2.05) is 19.0 Å². The summed E-state index contributed by atoms with van der Waals surface area (Å²) in [6.07, 6.45) is 1.000. The van der Waals surface area contributed by atoms with E-state index in [4.69, 9.17) is 5.73 Å². The van der Waals surface area contributed by atoms with Crippen molar-refractivity contribution < 1.29 is 0 Å². The third-order valence-corrected chi connectivity index (χ3v) is 3.25. The van der Waals surface area contributed by atoms with Crippen molar-refractivity contribution in [2.75, 3.05) is 32.1 Å². The zero-order valence-electron chi connectivity index (χ0n) is 10.9. The first-order valence-corrected chi connectivity index (χ1v) is 6.14. The van der Waals surface area contributed by atoms with Crippen molar-refractivity contribution in [2.24, 2.45) is 5.73 Å². The van der Waals surface area contributed by atoms with Crippen molar-refractivity contribution in [1.29, 1.82) is 0 Å². The molecule has 0 saturated heterocycles. The van der Waals surface area contributed by atoms with E-state index < -0.39 is 0 Å². The molecule has 0 saturated carbocycles. The van der Waals surface area contributed by atoms with Gasteiger partial charge in [-0.25, -0.2) is 9.97 Å². The van der Waals surface area contributed by atoms with Gasteiger partial charge in [-0.15, -0.1) is 0 Å². The Bertz CT molecular complexity index is 385. The second kappa shape index (κ2) is 4.98. The Hall–Kier alpha value is -1.20.